The molecule has 1 aromatic carbocycles. The molecule has 25 heavy (non-hydrogen) atoms. The molecule has 0 aliphatic rings. The minimum Gasteiger partial charge on any atom is -0.346 e. The lowest BCUT2D eigenvalue weighted by atomic mass is 10.2. The number of carbonyl (C=O) groups is 1. The summed E-state index contributed by atoms with van der Waals surface area (Å²) in [7, 11) is 1.64. The van der Waals surface area contributed by atoms with E-state index in [2.05, 4.69) is 10.3 Å². The minimum absolute atomic E-state index is 0.0600. The highest BCUT2D eigenvalue weighted by atomic mass is 35.5. The third kappa shape index (κ3) is 4.96. The zero-order valence-corrected chi connectivity index (χ0v) is 15.8. The molecule has 0 bridgehead atoms. The molecule has 2 rings (SSSR count). The van der Waals surface area contributed by atoms with Crippen LogP contribution in [-0.4, -0.2) is 29.1 Å². The largest absolute Gasteiger partial charge is 0.346 e. The summed E-state index contributed by atoms with van der Waals surface area (Å²) < 4.78 is 1.59. The van der Waals surface area contributed by atoms with E-state index in [-0.39, 0.29) is 23.8 Å². The number of carbonyl (C=O) groups excluding carboxylic acids is 1. The van der Waals surface area contributed by atoms with Crippen molar-refractivity contribution in [2.24, 2.45) is 5.92 Å². The van der Waals surface area contributed by atoms with E-state index in [9.17, 15) is 9.59 Å². The Morgan fingerprint density at radius 2 is 1.96 bits per heavy atom. The highest BCUT2D eigenvalue weighted by molar-refractivity contribution is 6.39. The first-order valence-electron chi connectivity index (χ1n) is 7.80. The molecule has 0 saturated carbocycles. The molecule has 0 aliphatic heterocycles. The summed E-state index contributed by atoms with van der Waals surface area (Å²) in [6.45, 7) is 4.58. The molecule has 0 radical (unpaired) electrons. The molecule has 8 heteroatoms. The number of hydrogen-bond acceptors (Lipinski definition) is 4. The van der Waals surface area contributed by atoms with Gasteiger partial charge in [0.25, 0.3) is 5.56 Å². The van der Waals surface area contributed by atoms with Crippen LogP contribution in [-0.2, 0) is 11.3 Å². The zero-order chi connectivity index (χ0) is 18.6. The molecule has 134 valence electrons. The maximum atomic E-state index is 12.5. The predicted molar refractivity (Wildman–Crippen MR) is 102 cm³/mol. The lowest BCUT2D eigenvalue weighted by Crippen LogP contribution is -2.36. The third-order valence-corrected chi connectivity index (χ3v) is 4.06. The van der Waals surface area contributed by atoms with Crippen LogP contribution in [0.1, 0.15) is 13.8 Å². The van der Waals surface area contributed by atoms with E-state index in [1.807, 2.05) is 13.8 Å². The topological polar surface area (TPSA) is 67.2 Å². The fraction of sp³-hybridized carbons (Fsp3) is 0.353. The molecular weight excluding hydrogens is 363 g/mol. The van der Waals surface area contributed by atoms with Crippen LogP contribution in [0, 0.1) is 5.92 Å². The second-order valence-electron chi connectivity index (χ2n) is 6.10. The van der Waals surface area contributed by atoms with Crippen LogP contribution < -0.4 is 15.8 Å². The Bertz CT molecular complexity index is 800. The summed E-state index contributed by atoms with van der Waals surface area (Å²) in [6, 6.07) is 4.96. The summed E-state index contributed by atoms with van der Waals surface area (Å²) in [4.78, 5) is 30.3. The molecule has 6 nitrogen and oxygen atoms in total. The van der Waals surface area contributed by atoms with Crippen LogP contribution in [0.5, 0.6) is 0 Å². The number of nitrogens with one attached hydrogen (secondary N) is 1. The van der Waals surface area contributed by atoms with Crippen LogP contribution in [0.2, 0.25) is 10.0 Å². The standard InChI is InChI=1S/C17H20Cl2N4O2/c1-11(2)9-23-8-7-20-16(17(23)25)22(3)10-14(24)21-15-12(18)5-4-6-13(15)19/h4-8,11H,9-10H2,1-3H3,(H,21,24). The lowest BCUT2D eigenvalue weighted by molar-refractivity contribution is -0.114. The summed E-state index contributed by atoms with van der Waals surface area (Å²) in [5, 5.41) is 3.36. The number of anilines is 2. The molecule has 0 spiro atoms. The smallest absolute Gasteiger partial charge is 0.293 e. The van der Waals surface area contributed by atoms with Crippen molar-refractivity contribution < 1.29 is 4.79 Å². The van der Waals surface area contributed by atoms with Crippen molar-refractivity contribution in [1.82, 2.24) is 9.55 Å². The Morgan fingerprint density at radius 3 is 2.56 bits per heavy atom. The van der Waals surface area contributed by atoms with Gasteiger partial charge in [-0.15, -0.1) is 0 Å². The van der Waals surface area contributed by atoms with E-state index in [1.165, 1.54) is 4.90 Å². The number of hydrogen-bond donors (Lipinski definition) is 1. The maximum Gasteiger partial charge on any atom is 0.293 e. The van der Waals surface area contributed by atoms with Gasteiger partial charge in [-0.2, -0.15) is 0 Å². The van der Waals surface area contributed by atoms with Gasteiger partial charge in [-0.05, 0) is 18.1 Å². The second kappa shape index (κ2) is 8.36. The van der Waals surface area contributed by atoms with Gasteiger partial charge in [0.15, 0.2) is 5.82 Å². The zero-order valence-electron chi connectivity index (χ0n) is 14.3. The number of para-hydroxylation sites is 1. The van der Waals surface area contributed by atoms with E-state index < -0.39 is 0 Å². The minimum atomic E-state index is -0.349. The first kappa shape index (κ1) is 19.3. The molecule has 0 saturated heterocycles. The van der Waals surface area contributed by atoms with Crippen LogP contribution in [0.4, 0.5) is 11.5 Å². The summed E-state index contributed by atoms with van der Waals surface area (Å²) in [6.07, 6.45) is 3.20. The van der Waals surface area contributed by atoms with E-state index in [4.69, 9.17) is 23.2 Å². The van der Waals surface area contributed by atoms with Crippen LogP contribution >= 0.6 is 23.2 Å². The number of benzene rings is 1. The molecule has 0 fully saturated rings. The fourth-order valence-electron chi connectivity index (χ4n) is 2.32. The van der Waals surface area contributed by atoms with Gasteiger partial charge < -0.3 is 14.8 Å². The van der Waals surface area contributed by atoms with E-state index >= 15 is 0 Å². The van der Waals surface area contributed by atoms with Gasteiger partial charge in [0.1, 0.15) is 0 Å². The van der Waals surface area contributed by atoms with Crippen molar-refractivity contribution in [1.29, 1.82) is 0 Å². The Labute approximate surface area is 156 Å². The molecule has 1 aromatic heterocycles. The van der Waals surface area contributed by atoms with Crippen LogP contribution in [0.3, 0.4) is 0 Å². The quantitative estimate of drug-likeness (QED) is 0.832. The van der Waals surface area contributed by atoms with E-state index in [0.29, 0.717) is 28.2 Å². The van der Waals surface area contributed by atoms with Gasteiger partial charge in [-0.3, -0.25) is 9.59 Å². The summed E-state index contributed by atoms with van der Waals surface area (Å²) >= 11 is 12.1. The van der Waals surface area contributed by atoms with Gasteiger partial charge in [-0.25, -0.2) is 4.98 Å². The molecular formula is C17H20Cl2N4O2. The normalized spacial score (nSPS) is 10.8. The number of likely N-dealkylation sites (N-methyl/N-ethyl adjacent to an activating group) is 1. The van der Waals surface area contributed by atoms with Crippen molar-refractivity contribution >= 4 is 40.6 Å². The lowest BCUT2D eigenvalue weighted by Gasteiger charge is -2.19. The van der Waals surface area contributed by atoms with Gasteiger partial charge in [0.2, 0.25) is 5.91 Å². The monoisotopic (exact) mass is 382 g/mol. The Morgan fingerprint density at radius 1 is 1.32 bits per heavy atom. The number of nitrogens with zero attached hydrogens (tertiary/aromatic N) is 3. The first-order valence-corrected chi connectivity index (χ1v) is 8.55. The molecule has 1 amide bonds. The average Bonchev–Trinajstić information content (AvgIpc) is 2.52. The van der Waals surface area contributed by atoms with E-state index in [0.717, 1.165) is 0 Å². The van der Waals surface area contributed by atoms with Crippen molar-refractivity contribution in [3.63, 3.8) is 0 Å². The Hall–Kier alpha value is -2.05. The molecule has 1 N–H and O–H groups in total. The third-order valence-electron chi connectivity index (χ3n) is 3.43. The Balaban J connectivity index is 2.13. The van der Waals surface area contributed by atoms with Gasteiger partial charge in [-0.1, -0.05) is 43.1 Å². The van der Waals surface area contributed by atoms with Crippen molar-refractivity contribution in [2.45, 2.75) is 20.4 Å². The molecule has 0 unspecified atom stereocenters. The number of amides is 1. The number of halogens is 2. The van der Waals surface area contributed by atoms with Crippen LogP contribution in [0.15, 0.2) is 35.4 Å². The Kier molecular flexibility index (Phi) is 6.45. The van der Waals surface area contributed by atoms with Crippen molar-refractivity contribution in [3.05, 3.63) is 51.0 Å². The highest BCUT2D eigenvalue weighted by Gasteiger charge is 2.16. The maximum absolute atomic E-state index is 12.5. The first-order chi connectivity index (χ1) is 11.8. The number of aromatic nitrogens is 2. The highest BCUT2D eigenvalue weighted by Crippen LogP contribution is 2.29. The predicted octanol–water partition coefficient (Wildman–Crippen LogP) is 3.28. The van der Waals surface area contributed by atoms with Crippen LogP contribution in [0.25, 0.3) is 0 Å². The van der Waals surface area contributed by atoms with E-state index in [1.54, 1.807) is 42.2 Å². The molecule has 1 heterocycles. The van der Waals surface area contributed by atoms with Gasteiger partial charge in [0.05, 0.1) is 22.3 Å². The van der Waals surface area contributed by atoms with Gasteiger partial charge >= 0.3 is 0 Å². The van der Waals surface area contributed by atoms with Gasteiger partial charge in [0, 0.05) is 26.0 Å². The second-order valence-corrected chi connectivity index (χ2v) is 6.92. The summed E-state index contributed by atoms with van der Waals surface area (Å²) in [5.41, 5.74) is 0.116. The van der Waals surface area contributed by atoms with Crippen molar-refractivity contribution in [2.75, 3.05) is 23.8 Å². The fourth-order valence-corrected chi connectivity index (χ4v) is 2.81. The SMILES string of the molecule is CC(C)Cn1ccnc(N(C)CC(=O)Nc2c(Cl)cccc2Cl)c1=O. The number of rotatable bonds is 6. The summed E-state index contributed by atoms with van der Waals surface area (Å²) in [5.74, 6) is 0.186. The average molecular weight is 383 g/mol. The molecule has 0 aliphatic carbocycles. The molecule has 0 atom stereocenters. The molecule has 2 aromatic rings. The van der Waals surface area contributed by atoms with Crippen molar-refractivity contribution in [3.8, 4) is 0 Å².